The van der Waals surface area contributed by atoms with Gasteiger partial charge in [-0.25, -0.2) is 0 Å². The van der Waals surface area contributed by atoms with E-state index in [0.717, 1.165) is 12.2 Å². The van der Waals surface area contributed by atoms with Gasteiger partial charge in [0.05, 0.1) is 6.04 Å². The lowest BCUT2D eigenvalue weighted by atomic mass is 10.0. The second kappa shape index (κ2) is 6.95. The highest BCUT2D eigenvalue weighted by Crippen LogP contribution is 2.06. The fourth-order valence-corrected chi connectivity index (χ4v) is 1.50. The van der Waals surface area contributed by atoms with Gasteiger partial charge < -0.3 is 5.32 Å². The van der Waals surface area contributed by atoms with Crippen LogP contribution in [0.1, 0.15) is 20.3 Å². The molecule has 13 heavy (non-hydrogen) atoms. The van der Waals surface area contributed by atoms with Crippen molar-refractivity contribution in [3.63, 3.8) is 0 Å². The molecule has 0 heterocycles. The molecule has 0 bridgehead atoms. The highest BCUT2D eigenvalue weighted by molar-refractivity contribution is 7.98. The number of nitrogens with one attached hydrogen (secondary N) is 1. The molecule has 76 valence electrons. The molecular formula is C9H17NO2S. The van der Waals surface area contributed by atoms with E-state index in [4.69, 9.17) is 0 Å². The van der Waals surface area contributed by atoms with Crippen molar-refractivity contribution in [3.8, 4) is 0 Å². The lowest BCUT2D eigenvalue weighted by molar-refractivity contribution is -0.126. The lowest BCUT2D eigenvalue weighted by Gasteiger charge is -2.16. The van der Waals surface area contributed by atoms with Crippen LogP contribution in [0.3, 0.4) is 0 Å². The number of carbonyl (C=O) groups excluding carboxylic acids is 2. The molecule has 4 heteroatoms. The van der Waals surface area contributed by atoms with E-state index in [-0.39, 0.29) is 17.7 Å². The molecule has 1 N–H and O–H groups in total. The summed E-state index contributed by atoms with van der Waals surface area (Å²) in [6, 6.07) is -0.301. The topological polar surface area (TPSA) is 46.2 Å². The quantitative estimate of drug-likeness (QED) is 0.630. The minimum absolute atomic E-state index is 0.0145. The third-order valence-electron chi connectivity index (χ3n) is 1.79. The Morgan fingerprint density at radius 2 is 2.15 bits per heavy atom. The van der Waals surface area contributed by atoms with E-state index in [1.807, 2.05) is 20.1 Å². The standard InChI is InChI=1S/C9H17NO2S/c1-7(2)9(12)8(10-6-11)4-5-13-3/h6-8H,4-5H2,1-3H3,(H,10,11). The molecule has 1 amide bonds. The maximum atomic E-state index is 11.5. The highest BCUT2D eigenvalue weighted by atomic mass is 32.2. The van der Waals surface area contributed by atoms with E-state index >= 15 is 0 Å². The predicted molar refractivity (Wildman–Crippen MR) is 55.8 cm³/mol. The van der Waals surface area contributed by atoms with Gasteiger partial charge in [-0.2, -0.15) is 11.8 Å². The molecule has 0 saturated carbocycles. The first-order chi connectivity index (χ1) is 6.13. The molecule has 3 nitrogen and oxygen atoms in total. The van der Waals surface area contributed by atoms with E-state index < -0.39 is 0 Å². The van der Waals surface area contributed by atoms with Crippen LogP contribution in [0.5, 0.6) is 0 Å². The zero-order chi connectivity index (χ0) is 10.3. The van der Waals surface area contributed by atoms with E-state index in [9.17, 15) is 9.59 Å². The van der Waals surface area contributed by atoms with Gasteiger partial charge in [0.25, 0.3) is 0 Å². The van der Waals surface area contributed by atoms with Crippen molar-refractivity contribution in [3.05, 3.63) is 0 Å². The number of amides is 1. The lowest BCUT2D eigenvalue weighted by Crippen LogP contribution is -2.38. The van der Waals surface area contributed by atoms with Crippen LogP contribution in [0.4, 0.5) is 0 Å². The average molecular weight is 203 g/mol. The second-order valence-electron chi connectivity index (χ2n) is 3.18. The molecule has 0 aliphatic heterocycles. The molecule has 0 saturated heterocycles. The molecule has 0 spiro atoms. The van der Waals surface area contributed by atoms with Gasteiger partial charge in [-0.05, 0) is 18.4 Å². The SMILES string of the molecule is CSCCC(NC=O)C(=O)C(C)C. The summed E-state index contributed by atoms with van der Waals surface area (Å²) in [5, 5.41) is 2.56. The van der Waals surface area contributed by atoms with Crippen molar-refractivity contribution in [1.29, 1.82) is 0 Å². The number of Topliss-reactive ketones (excluding diaryl/α,β-unsaturated/α-hetero) is 1. The van der Waals surface area contributed by atoms with Crippen molar-refractivity contribution in [2.75, 3.05) is 12.0 Å². The summed E-state index contributed by atoms with van der Waals surface area (Å²) in [4.78, 5) is 21.7. The second-order valence-corrected chi connectivity index (χ2v) is 4.16. The van der Waals surface area contributed by atoms with E-state index in [2.05, 4.69) is 5.32 Å². The smallest absolute Gasteiger partial charge is 0.207 e. The summed E-state index contributed by atoms with van der Waals surface area (Å²) in [6.45, 7) is 3.70. The van der Waals surface area contributed by atoms with Crippen LogP contribution in [-0.2, 0) is 9.59 Å². The fraction of sp³-hybridized carbons (Fsp3) is 0.778. The number of hydrogen-bond acceptors (Lipinski definition) is 3. The Hall–Kier alpha value is -0.510. The molecule has 0 aliphatic carbocycles. The number of ketones is 1. The van der Waals surface area contributed by atoms with Crippen molar-refractivity contribution in [2.45, 2.75) is 26.3 Å². The van der Waals surface area contributed by atoms with Crippen LogP contribution >= 0.6 is 11.8 Å². The Kier molecular flexibility index (Phi) is 6.68. The van der Waals surface area contributed by atoms with Crippen LogP contribution in [-0.4, -0.2) is 30.2 Å². The maximum absolute atomic E-state index is 11.5. The summed E-state index contributed by atoms with van der Waals surface area (Å²) < 4.78 is 0. The molecule has 0 aromatic heterocycles. The van der Waals surface area contributed by atoms with Crippen LogP contribution in [0.2, 0.25) is 0 Å². The Balaban J connectivity index is 4.06. The van der Waals surface area contributed by atoms with E-state index in [1.165, 1.54) is 0 Å². The molecule has 0 radical (unpaired) electrons. The molecule has 0 aromatic carbocycles. The maximum Gasteiger partial charge on any atom is 0.207 e. The number of hydrogen-bond donors (Lipinski definition) is 1. The summed E-state index contributed by atoms with van der Waals surface area (Å²) in [6.07, 6.45) is 3.31. The third-order valence-corrected chi connectivity index (χ3v) is 2.44. The first-order valence-corrected chi connectivity index (χ1v) is 5.75. The monoisotopic (exact) mass is 203 g/mol. The Morgan fingerprint density at radius 3 is 2.54 bits per heavy atom. The molecule has 0 aliphatic rings. The molecule has 0 rings (SSSR count). The fourth-order valence-electron chi connectivity index (χ4n) is 1.03. The highest BCUT2D eigenvalue weighted by Gasteiger charge is 2.19. The molecule has 1 atom stereocenters. The van der Waals surface area contributed by atoms with Crippen LogP contribution in [0.15, 0.2) is 0 Å². The zero-order valence-corrected chi connectivity index (χ0v) is 9.19. The summed E-state index contributed by atoms with van der Waals surface area (Å²) in [5.74, 6) is 0.990. The van der Waals surface area contributed by atoms with Gasteiger partial charge in [-0.3, -0.25) is 9.59 Å². The Bertz CT molecular complexity index is 171. The van der Waals surface area contributed by atoms with Gasteiger partial charge in [0, 0.05) is 5.92 Å². The number of rotatable bonds is 7. The van der Waals surface area contributed by atoms with E-state index in [0.29, 0.717) is 6.41 Å². The number of carbonyl (C=O) groups is 2. The van der Waals surface area contributed by atoms with E-state index in [1.54, 1.807) is 11.8 Å². The van der Waals surface area contributed by atoms with Crippen molar-refractivity contribution < 1.29 is 9.59 Å². The average Bonchev–Trinajstić information content (AvgIpc) is 2.11. The van der Waals surface area contributed by atoms with Gasteiger partial charge in [-0.1, -0.05) is 13.8 Å². The summed E-state index contributed by atoms with van der Waals surface area (Å²) in [7, 11) is 0. The first-order valence-electron chi connectivity index (χ1n) is 4.35. The van der Waals surface area contributed by atoms with Crippen LogP contribution in [0.25, 0.3) is 0 Å². The number of thioether (sulfide) groups is 1. The van der Waals surface area contributed by atoms with Gasteiger partial charge in [0.15, 0.2) is 5.78 Å². The minimum atomic E-state index is -0.301. The van der Waals surface area contributed by atoms with Crippen molar-refractivity contribution in [2.24, 2.45) is 5.92 Å². The zero-order valence-electron chi connectivity index (χ0n) is 8.37. The van der Waals surface area contributed by atoms with Crippen LogP contribution in [0, 0.1) is 5.92 Å². The van der Waals surface area contributed by atoms with Gasteiger partial charge in [-0.15, -0.1) is 0 Å². The third kappa shape index (κ3) is 4.93. The molecule has 0 aromatic rings. The summed E-state index contributed by atoms with van der Waals surface area (Å²) >= 11 is 1.68. The van der Waals surface area contributed by atoms with Crippen molar-refractivity contribution >= 4 is 24.0 Å². The predicted octanol–water partition coefficient (Wildman–Crippen LogP) is 1.08. The van der Waals surface area contributed by atoms with Gasteiger partial charge in [0.1, 0.15) is 0 Å². The molecule has 1 unspecified atom stereocenters. The van der Waals surface area contributed by atoms with Crippen LogP contribution < -0.4 is 5.32 Å². The molecule has 0 fully saturated rings. The van der Waals surface area contributed by atoms with Gasteiger partial charge >= 0.3 is 0 Å². The summed E-state index contributed by atoms with van der Waals surface area (Å²) in [5.41, 5.74) is 0. The minimum Gasteiger partial charge on any atom is -0.349 e. The Morgan fingerprint density at radius 1 is 1.54 bits per heavy atom. The molecular weight excluding hydrogens is 186 g/mol. The first kappa shape index (κ1) is 12.5. The normalized spacial score (nSPS) is 12.6. The van der Waals surface area contributed by atoms with Crippen molar-refractivity contribution in [1.82, 2.24) is 5.32 Å². The largest absolute Gasteiger partial charge is 0.349 e. The van der Waals surface area contributed by atoms with Gasteiger partial charge in [0.2, 0.25) is 6.41 Å². The Labute approximate surface area is 83.7 Å².